The molecule has 0 N–H and O–H groups in total. The third-order valence-electron chi connectivity index (χ3n) is 4.00. The summed E-state index contributed by atoms with van der Waals surface area (Å²) in [5, 5.41) is 0. The predicted molar refractivity (Wildman–Crippen MR) is 94.9 cm³/mol. The summed E-state index contributed by atoms with van der Waals surface area (Å²) in [5.41, 5.74) is 6.18. The molecule has 1 atom stereocenters. The lowest BCUT2D eigenvalue weighted by atomic mass is 9.82. The van der Waals surface area contributed by atoms with Crippen LogP contribution in [0.3, 0.4) is 0 Å². The average molecular weight is 284 g/mol. The van der Waals surface area contributed by atoms with Gasteiger partial charge in [-0.15, -0.1) is 0 Å². The number of benzene rings is 3. The van der Waals surface area contributed by atoms with Crippen LogP contribution in [0.25, 0.3) is 5.57 Å². The summed E-state index contributed by atoms with van der Waals surface area (Å²) in [4.78, 5) is 0. The molecule has 0 saturated heterocycles. The minimum Gasteiger partial charge on any atom is -0.0943 e. The van der Waals surface area contributed by atoms with Crippen molar-refractivity contribution < 1.29 is 0 Å². The molecule has 0 bridgehead atoms. The first-order chi connectivity index (χ1) is 10.8. The topological polar surface area (TPSA) is 0 Å². The van der Waals surface area contributed by atoms with Gasteiger partial charge in [-0.25, -0.2) is 0 Å². The van der Waals surface area contributed by atoms with E-state index in [9.17, 15) is 0 Å². The van der Waals surface area contributed by atoms with Gasteiger partial charge in [0.25, 0.3) is 0 Å². The Morgan fingerprint density at radius 2 is 1.32 bits per heavy atom. The molecule has 3 rings (SSSR count). The molecule has 0 aromatic heterocycles. The van der Waals surface area contributed by atoms with Gasteiger partial charge >= 0.3 is 0 Å². The van der Waals surface area contributed by atoms with E-state index in [1.165, 1.54) is 22.3 Å². The normalized spacial score (nSPS) is 11.9. The first-order valence-corrected chi connectivity index (χ1v) is 7.61. The Morgan fingerprint density at radius 3 is 1.95 bits per heavy atom. The summed E-state index contributed by atoms with van der Waals surface area (Å²) < 4.78 is 0. The maximum absolute atomic E-state index is 4.41. The van der Waals surface area contributed by atoms with E-state index in [2.05, 4.69) is 92.4 Å². The fraction of sp³-hybridized carbons (Fsp3) is 0.0909. The molecule has 0 heterocycles. The lowest BCUT2D eigenvalue weighted by Gasteiger charge is -2.21. The first-order valence-electron chi connectivity index (χ1n) is 7.61. The smallest absolute Gasteiger partial charge is 0.0340 e. The van der Waals surface area contributed by atoms with Crippen molar-refractivity contribution in [2.45, 2.75) is 12.8 Å². The van der Waals surface area contributed by atoms with Crippen molar-refractivity contribution in [2.75, 3.05) is 0 Å². The summed E-state index contributed by atoms with van der Waals surface area (Å²) in [6.45, 7) is 6.54. The van der Waals surface area contributed by atoms with Crippen LogP contribution in [0.5, 0.6) is 0 Å². The van der Waals surface area contributed by atoms with Gasteiger partial charge in [0.05, 0.1) is 0 Å². The van der Waals surface area contributed by atoms with Crippen LogP contribution in [0.1, 0.15) is 28.2 Å². The number of aryl methyl sites for hydroxylation is 1. The second-order valence-corrected chi connectivity index (χ2v) is 5.65. The van der Waals surface area contributed by atoms with E-state index in [1.807, 2.05) is 6.07 Å². The molecular formula is C22H20. The van der Waals surface area contributed by atoms with Crippen LogP contribution in [0.2, 0.25) is 0 Å². The van der Waals surface area contributed by atoms with Crippen molar-refractivity contribution in [2.24, 2.45) is 0 Å². The van der Waals surface area contributed by atoms with Gasteiger partial charge in [-0.1, -0.05) is 97.1 Å². The van der Waals surface area contributed by atoms with Crippen LogP contribution in [0, 0.1) is 6.92 Å². The Bertz CT molecular complexity index is 754. The third kappa shape index (κ3) is 3.01. The Labute approximate surface area is 132 Å². The van der Waals surface area contributed by atoms with Gasteiger partial charge in [0, 0.05) is 5.92 Å². The van der Waals surface area contributed by atoms with Gasteiger partial charge in [-0.2, -0.15) is 0 Å². The summed E-state index contributed by atoms with van der Waals surface area (Å²) >= 11 is 0. The number of hydrogen-bond donors (Lipinski definition) is 0. The standard InChI is InChI=1S/C22H20/c1-17-10-9-15-21(16-17)22(20-13-7-4-8-14-20)18(2)19-11-5-3-6-12-19/h3-16,22H,2H2,1H3. The minimum absolute atomic E-state index is 0.184. The van der Waals surface area contributed by atoms with Crippen molar-refractivity contribution >= 4 is 5.57 Å². The number of allylic oxidation sites excluding steroid dienone is 1. The maximum Gasteiger partial charge on any atom is 0.0340 e. The van der Waals surface area contributed by atoms with Gasteiger partial charge in [0.15, 0.2) is 0 Å². The highest BCUT2D eigenvalue weighted by molar-refractivity contribution is 5.73. The van der Waals surface area contributed by atoms with E-state index >= 15 is 0 Å². The lowest BCUT2D eigenvalue weighted by molar-refractivity contribution is 1.04. The zero-order valence-corrected chi connectivity index (χ0v) is 12.9. The summed E-state index contributed by atoms with van der Waals surface area (Å²) in [7, 11) is 0. The van der Waals surface area contributed by atoms with Crippen molar-refractivity contribution in [3.63, 3.8) is 0 Å². The fourth-order valence-corrected chi connectivity index (χ4v) is 2.91. The minimum atomic E-state index is 0.184. The fourth-order valence-electron chi connectivity index (χ4n) is 2.91. The van der Waals surface area contributed by atoms with Crippen LogP contribution in [0.15, 0.2) is 91.5 Å². The Balaban J connectivity index is 2.10. The van der Waals surface area contributed by atoms with E-state index in [0.29, 0.717) is 0 Å². The molecular weight excluding hydrogens is 264 g/mol. The molecule has 0 nitrogen and oxygen atoms in total. The second kappa shape index (κ2) is 6.44. The Morgan fingerprint density at radius 1 is 0.727 bits per heavy atom. The molecule has 0 heteroatoms. The van der Waals surface area contributed by atoms with Gasteiger partial charge in [0.2, 0.25) is 0 Å². The molecule has 108 valence electrons. The largest absolute Gasteiger partial charge is 0.0943 e. The van der Waals surface area contributed by atoms with Gasteiger partial charge in [-0.05, 0) is 29.2 Å². The molecule has 3 aromatic carbocycles. The molecule has 22 heavy (non-hydrogen) atoms. The van der Waals surface area contributed by atoms with E-state index in [4.69, 9.17) is 0 Å². The van der Waals surface area contributed by atoms with E-state index in [1.54, 1.807) is 0 Å². The molecule has 0 spiro atoms. The monoisotopic (exact) mass is 284 g/mol. The van der Waals surface area contributed by atoms with Crippen LogP contribution < -0.4 is 0 Å². The van der Waals surface area contributed by atoms with Gasteiger partial charge in [0.1, 0.15) is 0 Å². The summed E-state index contributed by atoms with van der Waals surface area (Å²) in [6, 6.07) is 29.8. The van der Waals surface area contributed by atoms with Crippen molar-refractivity contribution in [1.82, 2.24) is 0 Å². The van der Waals surface area contributed by atoms with E-state index in [-0.39, 0.29) is 5.92 Å². The number of hydrogen-bond acceptors (Lipinski definition) is 0. The van der Waals surface area contributed by atoms with E-state index < -0.39 is 0 Å². The number of rotatable bonds is 4. The molecule has 0 fully saturated rings. The van der Waals surface area contributed by atoms with Crippen LogP contribution in [-0.4, -0.2) is 0 Å². The molecule has 0 aliphatic rings. The van der Waals surface area contributed by atoms with Crippen LogP contribution in [-0.2, 0) is 0 Å². The summed E-state index contributed by atoms with van der Waals surface area (Å²) in [5.74, 6) is 0.184. The van der Waals surface area contributed by atoms with Crippen LogP contribution in [0.4, 0.5) is 0 Å². The first kappa shape index (κ1) is 14.3. The highest BCUT2D eigenvalue weighted by atomic mass is 14.2. The second-order valence-electron chi connectivity index (χ2n) is 5.65. The van der Waals surface area contributed by atoms with Gasteiger partial charge in [-0.3, -0.25) is 0 Å². The quantitative estimate of drug-likeness (QED) is 0.564. The third-order valence-corrected chi connectivity index (χ3v) is 4.00. The molecule has 3 aromatic rings. The van der Waals surface area contributed by atoms with Gasteiger partial charge < -0.3 is 0 Å². The molecule has 0 amide bonds. The Kier molecular flexibility index (Phi) is 4.20. The molecule has 0 aliphatic heterocycles. The molecule has 0 aliphatic carbocycles. The Hall–Kier alpha value is -2.60. The summed E-state index contributed by atoms with van der Waals surface area (Å²) in [6.07, 6.45) is 0. The van der Waals surface area contributed by atoms with Crippen molar-refractivity contribution in [1.29, 1.82) is 0 Å². The molecule has 0 radical (unpaired) electrons. The van der Waals surface area contributed by atoms with E-state index in [0.717, 1.165) is 5.57 Å². The molecule has 1 unspecified atom stereocenters. The van der Waals surface area contributed by atoms with Crippen molar-refractivity contribution in [3.8, 4) is 0 Å². The predicted octanol–water partition coefficient (Wildman–Crippen LogP) is 5.84. The maximum atomic E-state index is 4.41. The highest BCUT2D eigenvalue weighted by Gasteiger charge is 2.18. The van der Waals surface area contributed by atoms with Crippen molar-refractivity contribution in [3.05, 3.63) is 114 Å². The zero-order valence-electron chi connectivity index (χ0n) is 12.9. The average Bonchev–Trinajstić information content (AvgIpc) is 2.57. The SMILES string of the molecule is C=C(c1ccccc1)C(c1ccccc1)c1cccc(C)c1. The lowest BCUT2D eigenvalue weighted by Crippen LogP contribution is -2.04. The molecule has 0 saturated carbocycles. The van der Waals surface area contributed by atoms with Crippen LogP contribution >= 0.6 is 0 Å². The highest BCUT2D eigenvalue weighted by Crippen LogP contribution is 2.36. The zero-order chi connectivity index (χ0) is 15.4.